The second-order valence-electron chi connectivity index (χ2n) is 10.5. The highest BCUT2D eigenvalue weighted by atomic mass is 35.5. The van der Waals surface area contributed by atoms with Crippen molar-refractivity contribution in [3.05, 3.63) is 82.4 Å². The number of halogens is 2. The molecule has 2 atom stereocenters. The third-order valence-electron chi connectivity index (χ3n) is 7.82. The van der Waals surface area contributed by atoms with Gasteiger partial charge >= 0.3 is 6.09 Å². The number of amides is 3. The van der Waals surface area contributed by atoms with Crippen molar-refractivity contribution in [3.63, 3.8) is 0 Å². The predicted molar refractivity (Wildman–Crippen MR) is 161 cm³/mol. The first-order valence-corrected chi connectivity index (χ1v) is 14.2. The Morgan fingerprint density at radius 2 is 2.02 bits per heavy atom. The van der Waals surface area contributed by atoms with Gasteiger partial charge < -0.3 is 15.0 Å². The third kappa shape index (κ3) is 6.22. The van der Waals surface area contributed by atoms with Crippen molar-refractivity contribution >= 4 is 46.5 Å². The van der Waals surface area contributed by atoms with Crippen molar-refractivity contribution in [2.24, 2.45) is 5.92 Å². The monoisotopic (exact) mass is 601 g/mol. The number of rotatable bonds is 3. The molecule has 2 bridgehead atoms. The lowest BCUT2D eigenvalue weighted by molar-refractivity contribution is -0.129. The van der Waals surface area contributed by atoms with Crippen LogP contribution in [0.2, 0.25) is 5.02 Å². The number of carbonyl (C=O) groups is 3. The largest absolute Gasteiger partial charge is 0.453 e. The lowest BCUT2D eigenvalue weighted by Gasteiger charge is -2.34. The van der Waals surface area contributed by atoms with Crippen molar-refractivity contribution in [2.45, 2.75) is 38.6 Å². The quantitative estimate of drug-likeness (QED) is 0.344. The van der Waals surface area contributed by atoms with E-state index in [1.165, 1.54) is 25.3 Å². The molecule has 0 spiro atoms. The Morgan fingerprint density at radius 1 is 1.21 bits per heavy atom. The topological polar surface area (TPSA) is 124 Å². The number of hydrogen-bond acceptors (Lipinski definition) is 6. The molecule has 1 aromatic heterocycles. The second kappa shape index (κ2) is 12.6. The minimum absolute atomic E-state index is 0.0549. The summed E-state index contributed by atoms with van der Waals surface area (Å²) in [6.45, 7) is 2.13. The van der Waals surface area contributed by atoms with Crippen LogP contribution >= 0.6 is 11.6 Å². The first-order chi connectivity index (χ1) is 20.7. The Hall–Kier alpha value is -4.75. The van der Waals surface area contributed by atoms with Crippen LogP contribution in [0, 0.1) is 23.1 Å². The maximum atomic E-state index is 15.0. The normalized spacial score (nSPS) is 18.7. The van der Waals surface area contributed by atoms with Crippen LogP contribution in [0.5, 0.6) is 0 Å². The number of nitrogens with zero attached hydrogens (tertiary/aromatic N) is 3. The first kappa shape index (κ1) is 29.7. The van der Waals surface area contributed by atoms with E-state index in [9.17, 15) is 24.0 Å². The highest BCUT2D eigenvalue weighted by Gasteiger charge is 2.31. The van der Waals surface area contributed by atoms with Crippen LogP contribution in [0.4, 0.5) is 20.6 Å². The van der Waals surface area contributed by atoms with Gasteiger partial charge in [0.2, 0.25) is 11.8 Å². The van der Waals surface area contributed by atoms with Crippen LogP contribution in [-0.2, 0) is 14.3 Å². The zero-order chi connectivity index (χ0) is 30.7. The van der Waals surface area contributed by atoms with Crippen LogP contribution < -0.4 is 10.6 Å². The fraction of sp³-hybridized carbons (Fsp3) is 0.281. The van der Waals surface area contributed by atoms with E-state index in [2.05, 4.69) is 15.6 Å². The number of methoxy groups -OCH3 is 1. The van der Waals surface area contributed by atoms with Crippen molar-refractivity contribution in [1.29, 1.82) is 5.26 Å². The maximum Gasteiger partial charge on any atom is 0.411 e. The second-order valence-corrected chi connectivity index (χ2v) is 10.9. The number of fused-ring (bicyclic) bond motifs is 4. The van der Waals surface area contributed by atoms with Crippen molar-refractivity contribution < 1.29 is 23.5 Å². The predicted octanol–water partition coefficient (Wildman–Crippen LogP) is 6.71. The molecule has 0 unspecified atom stereocenters. The Bertz CT molecular complexity index is 1680. The van der Waals surface area contributed by atoms with Crippen molar-refractivity contribution in [3.8, 4) is 17.2 Å². The zero-order valence-corrected chi connectivity index (χ0v) is 24.4. The molecule has 0 saturated heterocycles. The fourth-order valence-electron chi connectivity index (χ4n) is 5.53. The SMILES string of the molecule is COC(=O)Nc1ccc2c(c1)NC(=O)[C@H](C)CCC[C@H](N1CCC(c3c(C#N)ccc(Cl)c3F)=CC1=O)c1cc-2ccn1. The van der Waals surface area contributed by atoms with Crippen molar-refractivity contribution in [2.75, 3.05) is 24.3 Å². The molecule has 5 rings (SSSR count). The molecule has 0 fully saturated rings. The highest BCUT2D eigenvalue weighted by molar-refractivity contribution is 6.31. The molecule has 3 aromatic rings. The summed E-state index contributed by atoms with van der Waals surface area (Å²) in [4.78, 5) is 44.9. The molecule has 9 nitrogen and oxygen atoms in total. The lowest BCUT2D eigenvalue weighted by atomic mass is 9.91. The van der Waals surface area contributed by atoms with E-state index in [1.807, 2.05) is 25.1 Å². The molecular weight excluding hydrogens is 573 g/mol. The molecule has 2 aliphatic rings. The number of hydrogen-bond donors (Lipinski definition) is 2. The fourth-order valence-corrected chi connectivity index (χ4v) is 5.69. The van der Waals surface area contributed by atoms with Crippen LogP contribution in [0.1, 0.15) is 55.5 Å². The van der Waals surface area contributed by atoms with Gasteiger partial charge in [0.05, 0.1) is 41.2 Å². The molecule has 2 aliphatic heterocycles. The van der Waals surface area contributed by atoms with Gasteiger partial charge in [0, 0.05) is 41.5 Å². The minimum atomic E-state index is -0.718. The maximum absolute atomic E-state index is 15.0. The molecule has 43 heavy (non-hydrogen) atoms. The number of aromatic nitrogens is 1. The summed E-state index contributed by atoms with van der Waals surface area (Å²) in [5, 5.41) is 15.1. The highest BCUT2D eigenvalue weighted by Crippen LogP contribution is 2.38. The standard InChI is InChI=1S/C32H29ClFN5O4/c1-18-4-3-5-27(39-13-11-20(15-28(39)40)29-21(17-35)6-9-24(33)30(29)34)26-14-19(10-12-36-26)23-8-7-22(37-32(42)43-2)16-25(23)38-31(18)41/h6-10,12,14-16,18,27H,3-5,11,13H2,1-2H3,(H,37,42)(H,38,41)/t18-,27+/m1/s1. The van der Waals surface area contributed by atoms with Crippen LogP contribution in [0.25, 0.3) is 16.7 Å². The van der Waals surface area contributed by atoms with Gasteiger partial charge in [0.25, 0.3) is 0 Å². The molecule has 11 heteroatoms. The molecule has 220 valence electrons. The molecule has 0 aliphatic carbocycles. The number of pyridine rings is 1. The van der Waals surface area contributed by atoms with E-state index in [1.54, 1.807) is 29.3 Å². The summed E-state index contributed by atoms with van der Waals surface area (Å²) in [5.41, 5.74) is 3.72. The molecule has 0 saturated carbocycles. The molecular formula is C32H29ClFN5O4. The number of nitriles is 1. The molecule has 0 radical (unpaired) electrons. The number of ether oxygens (including phenoxy) is 1. The van der Waals surface area contributed by atoms with E-state index in [0.717, 1.165) is 5.56 Å². The smallest absolute Gasteiger partial charge is 0.411 e. The molecule has 3 amide bonds. The zero-order valence-electron chi connectivity index (χ0n) is 23.6. The van der Waals surface area contributed by atoms with Crippen molar-refractivity contribution in [1.82, 2.24) is 9.88 Å². The number of anilines is 2. The van der Waals surface area contributed by atoms with E-state index in [-0.39, 0.29) is 40.4 Å². The Labute approximate surface area is 253 Å². The average Bonchev–Trinajstić information content (AvgIpc) is 3.00. The molecule has 2 N–H and O–H groups in total. The number of nitrogens with one attached hydrogen (secondary N) is 2. The lowest BCUT2D eigenvalue weighted by Crippen LogP contribution is -2.38. The Morgan fingerprint density at radius 3 is 2.77 bits per heavy atom. The van der Waals surface area contributed by atoms with E-state index < -0.39 is 18.0 Å². The van der Waals surface area contributed by atoms with E-state index >= 15 is 0 Å². The summed E-state index contributed by atoms with van der Waals surface area (Å²) >= 11 is 6.00. The summed E-state index contributed by atoms with van der Waals surface area (Å²) in [6, 6.07) is 13.2. The van der Waals surface area contributed by atoms with Gasteiger partial charge in [-0.2, -0.15) is 5.26 Å². The minimum Gasteiger partial charge on any atom is -0.453 e. The average molecular weight is 602 g/mol. The van der Waals surface area contributed by atoms with Gasteiger partial charge in [-0.15, -0.1) is 0 Å². The van der Waals surface area contributed by atoms with E-state index in [0.29, 0.717) is 53.9 Å². The van der Waals surface area contributed by atoms with Gasteiger partial charge in [0.15, 0.2) is 5.82 Å². The summed E-state index contributed by atoms with van der Waals surface area (Å²) in [7, 11) is 1.27. The van der Waals surface area contributed by atoms with E-state index in [4.69, 9.17) is 16.3 Å². The number of carbonyl (C=O) groups excluding carboxylic acids is 3. The molecule has 2 aromatic carbocycles. The first-order valence-electron chi connectivity index (χ1n) is 13.9. The summed E-state index contributed by atoms with van der Waals surface area (Å²) in [5.74, 6) is -1.53. The van der Waals surface area contributed by atoms with Crippen LogP contribution in [-0.4, -0.2) is 41.4 Å². The van der Waals surface area contributed by atoms with Crippen LogP contribution in [0.15, 0.2) is 54.7 Å². The van der Waals surface area contributed by atoms with Gasteiger partial charge in [0.1, 0.15) is 0 Å². The van der Waals surface area contributed by atoms with Gasteiger partial charge in [-0.3, -0.25) is 19.9 Å². The summed E-state index contributed by atoms with van der Waals surface area (Å²) < 4.78 is 19.7. The third-order valence-corrected chi connectivity index (χ3v) is 8.11. The van der Waals surface area contributed by atoms with Gasteiger partial charge in [-0.1, -0.05) is 31.0 Å². The van der Waals surface area contributed by atoms with Gasteiger partial charge in [-0.25, -0.2) is 9.18 Å². The summed E-state index contributed by atoms with van der Waals surface area (Å²) in [6.07, 6.45) is 4.50. The Kier molecular flexibility index (Phi) is 8.73. The molecule has 3 heterocycles. The van der Waals surface area contributed by atoms with Gasteiger partial charge in [-0.05, 0) is 66.8 Å². The van der Waals surface area contributed by atoms with Crippen LogP contribution in [0.3, 0.4) is 0 Å². The number of benzene rings is 2. The Balaban J connectivity index is 1.53.